The summed E-state index contributed by atoms with van der Waals surface area (Å²) >= 11 is 5.91. The first kappa shape index (κ1) is 20.8. The third kappa shape index (κ3) is 5.38. The second-order valence-corrected chi connectivity index (χ2v) is 7.73. The SMILES string of the molecule is CC(NC(=O)CCc1nc(-c2ccc(-c3ccccc3)cc2)no1)c1ccc(Cl)cc1. The number of nitrogens with one attached hydrogen (secondary N) is 1. The van der Waals surface area contributed by atoms with Gasteiger partial charge in [-0.3, -0.25) is 4.79 Å². The third-order valence-corrected chi connectivity index (χ3v) is 5.28. The molecule has 5 nitrogen and oxygen atoms in total. The van der Waals surface area contributed by atoms with E-state index in [1.54, 1.807) is 0 Å². The van der Waals surface area contributed by atoms with Gasteiger partial charge in [-0.25, -0.2) is 0 Å². The molecule has 0 bridgehead atoms. The highest BCUT2D eigenvalue weighted by Gasteiger charge is 2.13. The van der Waals surface area contributed by atoms with Crippen molar-refractivity contribution in [3.8, 4) is 22.5 Å². The van der Waals surface area contributed by atoms with Crippen LogP contribution in [0.5, 0.6) is 0 Å². The van der Waals surface area contributed by atoms with Crippen LogP contribution in [0.15, 0.2) is 83.4 Å². The minimum absolute atomic E-state index is 0.0746. The lowest BCUT2D eigenvalue weighted by atomic mass is 10.0. The van der Waals surface area contributed by atoms with Gasteiger partial charge in [-0.2, -0.15) is 4.98 Å². The molecular weight excluding hydrogens is 410 g/mol. The van der Waals surface area contributed by atoms with Gasteiger partial charge in [0.25, 0.3) is 0 Å². The van der Waals surface area contributed by atoms with Crippen molar-refractivity contribution in [2.24, 2.45) is 0 Å². The fraction of sp³-hybridized carbons (Fsp3) is 0.160. The van der Waals surface area contributed by atoms with E-state index in [2.05, 4.69) is 27.6 Å². The van der Waals surface area contributed by atoms with Crippen LogP contribution in [0, 0.1) is 0 Å². The Bertz CT molecular complexity index is 1140. The van der Waals surface area contributed by atoms with Crippen molar-refractivity contribution in [3.05, 3.63) is 95.3 Å². The number of hydrogen-bond acceptors (Lipinski definition) is 4. The van der Waals surface area contributed by atoms with Crippen LogP contribution in [0.25, 0.3) is 22.5 Å². The predicted molar refractivity (Wildman–Crippen MR) is 122 cm³/mol. The quantitative estimate of drug-likeness (QED) is 0.397. The smallest absolute Gasteiger partial charge is 0.227 e. The lowest BCUT2D eigenvalue weighted by Gasteiger charge is -2.14. The van der Waals surface area contributed by atoms with Crippen LogP contribution in [0.1, 0.15) is 30.8 Å². The number of amides is 1. The van der Waals surface area contributed by atoms with Gasteiger partial charge in [0.2, 0.25) is 17.6 Å². The van der Waals surface area contributed by atoms with E-state index in [-0.39, 0.29) is 18.4 Å². The van der Waals surface area contributed by atoms with Crippen molar-refractivity contribution >= 4 is 17.5 Å². The highest BCUT2D eigenvalue weighted by atomic mass is 35.5. The molecular formula is C25H22ClN3O2. The lowest BCUT2D eigenvalue weighted by molar-refractivity contribution is -0.121. The maximum Gasteiger partial charge on any atom is 0.227 e. The Labute approximate surface area is 186 Å². The molecule has 0 aliphatic heterocycles. The van der Waals surface area contributed by atoms with E-state index in [0.29, 0.717) is 23.2 Å². The molecule has 0 aliphatic carbocycles. The molecule has 1 aromatic heterocycles. The standard InChI is InChI=1S/C25H22ClN3O2/c1-17(18-11-13-22(26)14-12-18)27-23(30)15-16-24-28-25(29-31-24)21-9-7-20(8-10-21)19-5-3-2-4-6-19/h2-14,17H,15-16H2,1H3,(H,27,30). The first-order valence-corrected chi connectivity index (χ1v) is 10.5. The molecule has 0 fully saturated rings. The maximum absolute atomic E-state index is 12.3. The average molecular weight is 432 g/mol. The maximum atomic E-state index is 12.3. The fourth-order valence-electron chi connectivity index (χ4n) is 3.28. The summed E-state index contributed by atoms with van der Waals surface area (Å²) < 4.78 is 5.33. The fourth-order valence-corrected chi connectivity index (χ4v) is 3.41. The number of aryl methyl sites for hydroxylation is 1. The minimum Gasteiger partial charge on any atom is -0.350 e. The first-order valence-electron chi connectivity index (χ1n) is 10.1. The van der Waals surface area contributed by atoms with Crippen LogP contribution in [-0.4, -0.2) is 16.0 Å². The van der Waals surface area contributed by atoms with Gasteiger partial charge in [0.05, 0.1) is 6.04 Å². The van der Waals surface area contributed by atoms with E-state index >= 15 is 0 Å². The molecule has 1 N–H and O–H groups in total. The van der Waals surface area contributed by atoms with Crippen LogP contribution in [-0.2, 0) is 11.2 Å². The van der Waals surface area contributed by atoms with Gasteiger partial charge in [-0.1, -0.05) is 83.5 Å². The number of rotatable bonds is 7. The van der Waals surface area contributed by atoms with Gasteiger partial charge >= 0.3 is 0 Å². The number of benzene rings is 3. The molecule has 1 amide bonds. The lowest BCUT2D eigenvalue weighted by Crippen LogP contribution is -2.26. The van der Waals surface area contributed by atoms with Crippen LogP contribution < -0.4 is 5.32 Å². The number of hydrogen-bond donors (Lipinski definition) is 1. The number of nitrogens with zero attached hydrogens (tertiary/aromatic N) is 2. The van der Waals surface area contributed by atoms with Crippen molar-refractivity contribution in [3.63, 3.8) is 0 Å². The molecule has 4 rings (SSSR count). The van der Waals surface area contributed by atoms with E-state index in [4.69, 9.17) is 16.1 Å². The molecule has 31 heavy (non-hydrogen) atoms. The van der Waals surface area contributed by atoms with Gasteiger partial charge in [0.15, 0.2) is 0 Å². The van der Waals surface area contributed by atoms with Gasteiger partial charge in [-0.15, -0.1) is 0 Å². The summed E-state index contributed by atoms with van der Waals surface area (Å²) in [6.45, 7) is 1.94. The largest absolute Gasteiger partial charge is 0.350 e. The summed E-state index contributed by atoms with van der Waals surface area (Å²) in [4.78, 5) is 16.7. The molecule has 3 aromatic carbocycles. The zero-order valence-corrected chi connectivity index (χ0v) is 17.8. The van der Waals surface area contributed by atoms with Gasteiger partial charge in [0, 0.05) is 23.4 Å². The summed E-state index contributed by atoms with van der Waals surface area (Å²) in [5.41, 5.74) is 4.15. The molecule has 1 unspecified atom stereocenters. The number of aromatic nitrogens is 2. The van der Waals surface area contributed by atoms with Crippen molar-refractivity contribution < 1.29 is 9.32 Å². The van der Waals surface area contributed by atoms with Crippen molar-refractivity contribution in [1.29, 1.82) is 0 Å². The molecule has 6 heteroatoms. The van der Waals surface area contributed by atoms with E-state index in [9.17, 15) is 4.79 Å². The van der Waals surface area contributed by atoms with Gasteiger partial charge < -0.3 is 9.84 Å². The monoisotopic (exact) mass is 431 g/mol. The Balaban J connectivity index is 1.32. The molecule has 0 saturated heterocycles. The topological polar surface area (TPSA) is 68.0 Å². The number of halogens is 1. The second kappa shape index (κ2) is 9.58. The molecule has 0 spiro atoms. The highest BCUT2D eigenvalue weighted by molar-refractivity contribution is 6.30. The minimum atomic E-state index is -0.105. The van der Waals surface area contributed by atoms with Crippen LogP contribution in [0.4, 0.5) is 0 Å². The average Bonchev–Trinajstić information content (AvgIpc) is 3.28. The normalized spacial score (nSPS) is 11.8. The highest BCUT2D eigenvalue weighted by Crippen LogP contribution is 2.23. The summed E-state index contributed by atoms with van der Waals surface area (Å²) in [5.74, 6) is 0.885. The Hall–Kier alpha value is -3.44. The molecule has 0 radical (unpaired) electrons. The zero-order chi connectivity index (χ0) is 21.6. The molecule has 4 aromatic rings. The number of carbonyl (C=O) groups is 1. The van der Waals surface area contributed by atoms with E-state index in [1.165, 1.54) is 0 Å². The van der Waals surface area contributed by atoms with Gasteiger partial charge in [-0.05, 0) is 35.7 Å². The molecule has 0 saturated carbocycles. The van der Waals surface area contributed by atoms with E-state index in [1.807, 2.05) is 73.7 Å². The molecule has 156 valence electrons. The third-order valence-electron chi connectivity index (χ3n) is 5.03. The van der Waals surface area contributed by atoms with Crippen molar-refractivity contribution in [1.82, 2.24) is 15.5 Å². The Morgan fingerprint density at radius 1 is 0.935 bits per heavy atom. The summed E-state index contributed by atoms with van der Waals surface area (Å²) in [6, 6.07) is 25.5. The van der Waals surface area contributed by atoms with Gasteiger partial charge in [0.1, 0.15) is 0 Å². The van der Waals surface area contributed by atoms with E-state index in [0.717, 1.165) is 22.3 Å². The Kier molecular flexibility index (Phi) is 6.43. The van der Waals surface area contributed by atoms with Crippen LogP contribution in [0.3, 0.4) is 0 Å². The summed E-state index contributed by atoms with van der Waals surface area (Å²) in [5, 5.41) is 7.70. The summed E-state index contributed by atoms with van der Waals surface area (Å²) in [6.07, 6.45) is 0.654. The second-order valence-electron chi connectivity index (χ2n) is 7.30. The van der Waals surface area contributed by atoms with Crippen LogP contribution >= 0.6 is 11.6 Å². The zero-order valence-electron chi connectivity index (χ0n) is 17.1. The predicted octanol–water partition coefficient (Wildman–Crippen LogP) is 5.87. The first-order chi connectivity index (χ1) is 15.1. The van der Waals surface area contributed by atoms with Crippen molar-refractivity contribution in [2.45, 2.75) is 25.8 Å². The summed E-state index contributed by atoms with van der Waals surface area (Å²) in [7, 11) is 0. The molecule has 1 atom stereocenters. The van der Waals surface area contributed by atoms with Crippen molar-refractivity contribution in [2.75, 3.05) is 0 Å². The van der Waals surface area contributed by atoms with E-state index < -0.39 is 0 Å². The molecule has 0 aliphatic rings. The Morgan fingerprint density at radius 3 is 2.29 bits per heavy atom. The number of carbonyl (C=O) groups excluding carboxylic acids is 1. The van der Waals surface area contributed by atoms with Crippen LogP contribution in [0.2, 0.25) is 5.02 Å². The Morgan fingerprint density at radius 2 is 1.58 bits per heavy atom. The molecule has 1 heterocycles.